The molecule has 1 saturated heterocycles. The third-order valence-electron chi connectivity index (χ3n) is 5.55. The smallest absolute Gasteiger partial charge is 0.287 e. The first kappa shape index (κ1) is 19.9. The van der Waals surface area contributed by atoms with E-state index < -0.39 is 0 Å². The van der Waals surface area contributed by atoms with Gasteiger partial charge in [0.15, 0.2) is 11.2 Å². The second-order valence-electron chi connectivity index (χ2n) is 7.77. The van der Waals surface area contributed by atoms with E-state index in [0.717, 1.165) is 24.2 Å². The highest BCUT2D eigenvalue weighted by Crippen LogP contribution is 2.27. The molecule has 2 aromatic heterocycles. The van der Waals surface area contributed by atoms with Crippen molar-refractivity contribution in [1.82, 2.24) is 10.2 Å². The predicted molar refractivity (Wildman–Crippen MR) is 117 cm³/mol. The molecular weight excluding hydrogens is 384 g/mol. The minimum atomic E-state index is -0.346. The number of likely N-dealkylation sites (tertiary alicyclic amines) is 1. The number of carbonyl (C=O) groups is 1. The molecule has 0 spiro atoms. The van der Waals surface area contributed by atoms with Gasteiger partial charge < -0.3 is 9.73 Å². The van der Waals surface area contributed by atoms with Gasteiger partial charge >= 0.3 is 0 Å². The van der Waals surface area contributed by atoms with Crippen LogP contribution in [0.25, 0.3) is 11.0 Å². The monoisotopic (exact) mass is 410 g/mol. The maximum absolute atomic E-state index is 12.8. The number of rotatable bonds is 5. The van der Waals surface area contributed by atoms with Crippen LogP contribution in [-0.4, -0.2) is 30.4 Å². The molecule has 0 unspecified atom stereocenters. The van der Waals surface area contributed by atoms with Gasteiger partial charge in [-0.2, -0.15) is 0 Å². The number of benzene rings is 1. The summed E-state index contributed by atoms with van der Waals surface area (Å²) in [5, 5.41) is 5.61. The van der Waals surface area contributed by atoms with Crippen molar-refractivity contribution in [3.8, 4) is 0 Å². The van der Waals surface area contributed by atoms with Crippen LogP contribution in [-0.2, 0) is 0 Å². The molecule has 3 heterocycles. The quantitative estimate of drug-likeness (QED) is 0.676. The van der Waals surface area contributed by atoms with Gasteiger partial charge in [0.05, 0.1) is 11.4 Å². The van der Waals surface area contributed by atoms with Crippen LogP contribution < -0.4 is 10.7 Å². The van der Waals surface area contributed by atoms with Crippen molar-refractivity contribution >= 4 is 28.2 Å². The first-order valence-electron chi connectivity index (χ1n) is 10.1. The summed E-state index contributed by atoms with van der Waals surface area (Å²) in [5.74, 6) is -0.280. The summed E-state index contributed by atoms with van der Waals surface area (Å²) in [6, 6.07) is 9.38. The van der Waals surface area contributed by atoms with Gasteiger partial charge in [0.25, 0.3) is 5.91 Å². The van der Waals surface area contributed by atoms with Crippen molar-refractivity contribution in [2.75, 3.05) is 19.6 Å². The van der Waals surface area contributed by atoms with E-state index in [1.165, 1.54) is 30.2 Å². The zero-order chi connectivity index (χ0) is 20.4. The Balaban J connectivity index is 1.56. The van der Waals surface area contributed by atoms with E-state index in [4.69, 9.17) is 4.42 Å². The van der Waals surface area contributed by atoms with Gasteiger partial charge in [-0.1, -0.05) is 18.6 Å². The van der Waals surface area contributed by atoms with Crippen molar-refractivity contribution in [3.63, 3.8) is 0 Å². The molecule has 1 atom stereocenters. The summed E-state index contributed by atoms with van der Waals surface area (Å²) in [6.07, 6.45) is 3.64. The standard InChI is InChI=1S/C23H26N2O3S/c1-15-11-16(2)22-18(26)13-20(28-19(22)12-15)23(27)24-14-17(21-7-6-10-29-21)25-8-4-3-5-9-25/h6-7,10-13,17H,3-5,8-9,14H2,1-2H3,(H,24,27)/t17-/m1/s1. The zero-order valence-corrected chi connectivity index (χ0v) is 17.7. The van der Waals surface area contributed by atoms with Crippen LogP contribution in [0.15, 0.2) is 44.9 Å². The lowest BCUT2D eigenvalue weighted by Crippen LogP contribution is -2.40. The molecule has 0 bridgehead atoms. The SMILES string of the molecule is Cc1cc(C)c2c(=O)cc(C(=O)NC[C@H](c3cccs3)N3CCCCC3)oc2c1. The van der Waals surface area contributed by atoms with Gasteiger partial charge in [0.2, 0.25) is 0 Å². The fourth-order valence-corrected chi connectivity index (χ4v) is 5.03. The molecule has 152 valence electrons. The number of aryl methyl sites for hydroxylation is 2. The van der Waals surface area contributed by atoms with Crippen LogP contribution >= 0.6 is 11.3 Å². The Bertz CT molecular complexity index is 1070. The zero-order valence-electron chi connectivity index (χ0n) is 16.9. The predicted octanol–water partition coefficient (Wildman–Crippen LogP) is 4.43. The molecule has 0 aliphatic carbocycles. The number of nitrogens with zero attached hydrogens (tertiary/aromatic N) is 1. The van der Waals surface area contributed by atoms with E-state index in [0.29, 0.717) is 17.5 Å². The minimum absolute atomic E-state index is 0.0658. The van der Waals surface area contributed by atoms with Crippen molar-refractivity contribution in [2.45, 2.75) is 39.2 Å². The average Bonchev–Trinajstić information content (AvgIpc) is 3.22. The fourth-order valence-electron chi connectivity index (χ4n) is 4.17. The second kappa shape index (κ2) is 8.51. The Labute approximate surface area is 174 Å². The summed E-state index contributed by atoms with van der Waals surface area (Å²) in [6.45, 7) is 6.41. The van der Waals surface area contributed by atoms with Crippen LogP contribution in [0.4, 0.5) is 0 Å². The third-order valence-corrected chi connectivity index (χ3v) is 6.53. The molecule has 1 N–H and O–H groups in total. The Morgan fingerprint density at radius 1 is 1.21 bits per heavy atom. The molecule has 1 amide bonds. The highest BCUT2D eigenvalue weighted by molar-refractivity contribution is 7.10. The molecular formula is C23H26N2O3S. The molecule has 0 radical (unpaired) electrons. The third kappa shape index (κ3) is 4.28. The lowest BCUT2D eigenvalue weighted by atomic mass is 10.1. The van der Waals surface area contributed by atoms with Crippen LogP contribution in [0.3, 0.4) is 0 Å². The lowest BCUT2D eigenvalue weighted by molar-refractivity contribution is 0.0899. The molecule has 6 heteroatoms. The molecule has 1 aliphatic rings. The van der Waals surface area contributed by atoms with Crippen LogP contribution in [0.5, 0.6) is 0 Å². The highest BCUT2D eigenvalue weighted by Gasteiger charge is 2.24. The number of hydrogen-bond donors (Lipinski definition) is 1. The van der Waals surface area contributed by atoms with Crippen LogP contribution in [0.1, 0.15) is 51.9 Å². The second-order valence-corrected chi connectivity index (χ2v) is 8.75. The normalized spacial score (nSPS) is 16.1. The Morgan fingerprint density at radius 3 is 2.72 bits per heavy atom. The number of nitrogens with one attached hydrogen (secondary N) is 1. The van der Waals surface area contributed by atoms with Crippen molar-refractivity contribution in [1.29, 1.82) is 0 Å². The molecule has 4 rings (SSSR count). The van der Waals surface area contributed by atoms with Crippen molar-refractivity contribution in [2.24, 2.45) is 0 Å². The first-order chi connectivity index (χ1) is 14.0. The molecule has 1 fully saturated rings. The first-order valence-corrected chi connectivity index (χ1v) is 11.0. The van der Waals surface area contributed by atoms with Crippen molar-refractivity contribution < 1.29 is 9.21 Å². The van der Waals surface area contributed by atoms with E-state index >= 15 is 0 Å². The van der Waals surface area contributed by atoms with Gasteiger partial charge in [-0.05, 0) is 68.4 Å². The largest absolute Gasteiger partial charge is 0.451 e. The minimum Gasteiger partial charge on any atom is -0.451 e. The Kier molecular flexibility index (Phi) is 5.83. The summed E-state index contributed by atoms with van der Waals surface area (Å²) in [5.41, 5.74) is 2.15. The van der Waals surface area contributed by atoms with E-state index in [-0.39, 0.29) is 23.1 Å². The number of thiophene rings is 1. The summed E-state index contributed by atoms with van der Waals surface area (Å²) >= 11 is 1.71. The highest BCUT2D eigenvalue weighted by atomic mass is 32.1. The van der Waals surface area contributed by atoms with E-state index in [2.05, 4.69) is 21.7 Å². The van der Waals surface area contributed by atoms with Crippen LogP contribution in [0, 0.1) is 13.8 Å². The van der Waals surface area contributed by atoms with Gasteiger partial charge in [-0.3, -0.25) is 14.5 Å². The number of carbonyl (C=O) groups excluding carboxylic acids is 1. The number of amides is 1. The Hall–Kier alpha value is -2.44. The van der Waals surface area contributed by atoms with Gasteiger partial charge in [0.1, 0.15) is 5.58 Å². The summed E-state index contributed by atoms with van der Waals surface area (Å²) < 4.78 is 5.81. The van der Waals surface area contributed by atoms with E-state index in [1.54, 1.807) is 11.3 Å². The van der Waals surface area contributed by atoms with Crippen molar-refractivity contribution in [3.05, 3.63) is 67.7 Å². The molecule has 5 nitrogen and oxygen atoms in total. The lowest BCUT2D eigenvalue weighted by Gasteiger charge is -2.34. The van der Waals surface area contributed by atoms with Gasteiger partial charge in [0, 0.05) is 17.5 Å². The topological polar surface area (TPSA) is 62.6 Å². The molecule has 0 saturated carbocycles. The van der Waals surface area contributed by atoms with E-state index in [9.17, 15) is 9.59 Å². The Morgan fingerprint density at radius 2 is 2.00 bits per heavy atom. The van der Waals surface area contributed by atoms with Crippen LogP contribution in [0.2, 0.25) is 0 Å². The number of hydrogen-bond acceptors (Lipinski definition) is 5. The average molecular weight is 411 g/mol. The van der Waals surface area contributed by atoms with Gasteiger partial charge in [-0.15, -0.1) is 11.3 Å². The molecule has 3 aromatic rings. The summed E-state index contributed by atoms with van der Waals surface area (Å²) in [7, 11) is 0. The fraction of sp³-hybridized carbons (Fsp3) is 0.391. The molecule has 1 aromatic carbocycles. The molecule has 29 heavy (non-hydrogen) atoms. The van der Waals surface area contributed by atoms with Gasteiger partial charge in [-0.25, -0.2) is 0 Å². The summed E-state index contributed by atoms with van der Waals surface area (Å²) in [4.78, 5) is 29.1. The molecule has 1 aliphatic heterocycles. The maximum atomic E-state index is 12.8. The number of fused-ring (bicyclic) bond motifs is 1. The van der Waals surface area contributed by atoms with E-state index in [1.807, 2.05) is 32.0 Å². The number of piperidine rings is 1. The maximum Gasteiger partial charge on any atom is 0.287 e.